The van der Waals surface area contributed by atoms with Gasteiger partial charge in [-0.2, -0.15) is 0 Å². The number of hydrogen-bond acceptors (Lipinski definition) is 5. The maximum absolute atomic E-state index is 14.4. The second kappa shape index (κ2) is 10.4. The number of carbonyl (C=O) groups excluding carboxylic acids is 1. The van der Waals surface area contributed by atoms with Gasteiger partial charge >= 0.3 is 0 Å². The molecule has 0 saturated heterocycles. The molecule has 0 aliphatic heterocycles. The lowest BCUT2D eigenvalue weighted by molar-refractivity contribution is 0.0939. The molecule has 4 aromatic rings. The van der Waals surface area contributed by atoms with Gasteiger partial charge in [0.15, 0.2) is 11.6 Å². The number of nitrogens with zero attached hydrogens (tertiary/aromatic N) is 1. The third-order valence-corrected chi connectivity index (χ3v) is 6.02. The van der Waals surface area contributed by atoms with Gasteiger partial charge in [-0.1, -0.05) is 18.9 Å². The summed E-state index contributed by atoms with van der Waals surface area (Å²) < 4.78 is 38.4. The maximum Gasteiger partial charge on any atom is 0.274 e. The van der Waals surface area contributed by atoms with Gasteiger partial charge in [-0.3, -0.25) is 9.59 Å². The molecule has 0 bridgehead atoms. The zero-order valence-corrected chi connectivity index (χ0v) is 21.1. The van der Waals surface area contributed by atoms with E-state index >= 15 is 0 Å². The van der Waals surface area contributed by atoms with E-state index in [1.54, 1.807) is 31.4 Å². The first kappa shape index (κ1) is 25.3. The highest BCUT2D eigenvalue weighted by Gasteiger charge is 2.20. The molecule has 0 aliphatic rings. The molecular weight excluding hydrogens is 486 g/mol. The zero-order valence-electron chi connectivity index (χ0n) is 20.2. The molecular formula is C26H26F2N4O3S. The fourth-order valence-corrected chi connectivity index (χ4v) is 4.17. The van der Waals surface area contributed by atoms with Crippen LogP contribution in [0.1, 0.15) is 31.3 Å². The molecule has 36 heavy (non-hydrogen) atoms. The number of halogens is 2. The van der Waals surface area contributed by atoms with Crippen molar-refractivity contribution in [1.82, 2.24) is 14.9 Å². The smallest absolute Gasteiger partial charge is 0.274 e. The van der Waals surface area contributed by atoms with Gasteiger partial charge in [-0.05, 0) is 50.2 Å². The van der Waals surface area contributed by atoms with Gasteiger partial charge in [-0.15, -0.1) is 0 Å². The lowest BCUT2D eigenvalue weighted by atomic mass is 10.0. The van der Waals surface area contributed by atoms with E-state index in [0.29, 0.717) is 22.3 Å². The molecule has 2 aromatic heterocycles. The van der Waals surface area contributed by atoms with Crippen molar-refractivity contribution in [2.75, 3.05) is 10.5 Å². The van der Waals surface area contributed by atoms with Crippen molar-refractivity contribution < 1.29 is 18.3 Å². The number of nitrogens with one attached hydrogen (secondary N) is 3. The molecule has 4 rings (SSSR count). The van der Waals surface area contributed by atoms with Gasteiger partial charge in [-0.25, -0.2) is 8.78 Å². The number of aryl methyl sites for hydroxylation is 1. The Hall–Kier alpha value is -3.79. The number of rotatable bonds is 8. The van der Waals surface area contributed by atoms with Crippen molar-refractivity contribution >= 4 is 34.4 Å². The van der Waals surface area contributed by atoms with Crippen LogP contribution in [-0.2, 0) is 7.05 Å². The van der Waals surface area contributed by atoms with Gasteiger partial charge in [0.1, 0.15) is 22.8 Å². The van der Waals surface area contributed by atoms with Crippen LogP contribution in [0.5, 0.6) is 11.5 Å². The van der Waals surface area contributed by atoms with Gasteiger partial charge in [0.2, 0.25) is 0 Å². The molecule has 0 spiro atoms. The van der Waals surface area contributed by atoms with E-state index in [0.717, 1.165) is 23.6 Å². The second-order valence-electron chi connectivity index (χ2n) is 8.48. The Balaban J connectivity index is 1.91. The Morgan fingerprint density at radius 2 is 1.86 bits per heavy atom. The predicted molar refractivity (Wildman–Crippen MR) is 140 cm³/mol. The number of benzene rings is 2. The fourth-order valence-electron chi connectivity index (χ4n) is 3.74. The number of amides is 1. The number of fused-ring (bicyclic) bond motifs is 1. The Bertz CT molecular complexity index is 1500. The van der Waals surface area contributed by atoms with Crippen molar-refractivity contribution in [3.05, 3.63) is 76.3 Å². The third kappa shape index (κ3) is 5.23. The van der Waals surface area contributed by atoms with Gasteiger partial charge in [0.25, 0.3) is 11.5 Å². The largest absolute Gasteiger partial charge is 0.454 e. The van der Waals surface area contributed by atoms with Crippen LogP contribution in [0.25, 0.3) is 22.0 Å². The minimum atomic E-state index is -0.843. The first-order valence-corrected chi connectivity index (χ1v) is 12.3. The third-order valence-electron chi connectivity index (χ3n) is 5.35. The molecule has 0 radical (unpaired) electrons. The number of pyridine rings is 1. The van der Waals surface area contributed by atoms with Crippen molar-refractivity contribution in [1.29, 1.82) is 0 Å². The molecule has 7 nitrogen and oxygen atoms in total. The molecule has 10 heteroatoms. The second-order valence-corrected chi connectivity index (χ2v) is 9.55. The number of ether oxygens (including phenoxy) is 1. The lowest BCUT2D eigenvalue weighted by Crippen LogP contribution is -2.30. The Morgan fingerprint density at radius 1 is 1.11 bits per heavy atom. The summed E-state index contributed by atoms with van der Waals surface area (Å²) in [6.07, 6.45) is 1.64. The molecule has 2 aromatic carbocycles. The summed E-state index contributed by atoms with van der Waals surface area (Å²) in [5.41, 5.74) is 2.10. The van der Waals surface area contributed by atoms with Crippen LogP contribution in [0.15, 0.2) is 53.5 Å². The summed E-state index contributed by atoms with van der Waals surface area (Å²) >= 11 is 1.50. The number of carbonyl (C=O) groups is 1. The van der Waals surface area contributed by atoms with Crippen LogP contribution in [0.4, 0.5) is 14.5 Å². The number of aromatic nitrogens is 2. The van der Waals surface area contributed by atoms with Crippen molar-refractivity contribution in [3.63, 3.8) is 0 Å². The molecule has 1 amide bonds. The Kier molecular flexibility index (Phi) is 7.35. The zero-order chi connectivity index (χ0) is 26.0. The van der Waals surface area contributed by atoms with E-state index in [1.807, 2.05) is 26.8 Å². The van der Waals surface area contributed by atoms with E-state index in [2.05, 4.69) is 15.0 Å². The summed E-state index contributed by atoms with van der Waals surface area (Å²) in [4.78, 5) is 28.5. The number of hydrogen-bond donors (Lipinski definition) is 3. The molecule has 0 aliphatic carbocycles. The minimum absolute atomic E-state index is 0.0874. The molecule has 188 valence electrons. The summed E-state index contributed by atoms with van der Waals surface area (Å²) in [6, 6.07) is 9.88. The van der Waals surface area contributed by atoms with Crippen LogP contribution in [0.2, 0.25) is 0 Å². The lowest BCUT2D eigenvalue weighted by Gasteiger charge is -2.16. The van der Waals surface area contributed by atoms with Crippen molar-refractivity contribution in [2.24, 2.45) is 7.05 Å². The van der Waals surface area contributed by atoms with Crippen LogP contribution in [-0.4, -0.2) is 27.3 Å². The summed E-state index contributed by atoms with van der Waals surface area (Å²) in [5.74, 6) is -0.922. The van der Waals surface area contributed by atoms with Crippen LogP contribution < -0.4 is 20.3 Å². The average Bonchev–Trinajstić information content (AvgIpc) is 3.28. The SMILES string of the molecule is CCSNc1ccc(Oc2ccc(F)cc2F)c(-c2cn(C)c(=O)c3[nH]c(C(=O)NC(C)C)cc23)c1. The minimum Gasteiger partial charge on any atom is -0.454 e. The van der Waals surface area contributed by atoms with Crippen molar-refractivity contribution in [3.8, 4) is 22.6 Å². The van der Waals surface area contributed by atoms with E-state index in [1.165, 1.54) is 22.6 Å². The molecule has 3 N–H and O–H groups in total. The molecule has 0 atom stereocenters. The van der Waals surface area contributed by atoms with Crippen molar-refractivity contribution in [2.45, 2.75) is 26.8 Å². The van der Waals surface area contributed by atoms with E-state index in [4.69, 9.17) is 4.74 Å². The van der Waals surface area contributed by atoms with Crippen LogP contribution in [0, 0.1) is 11.6 Å². The van der Waals surface area contributed by atoms with E-state index in [9.17, 15) is 18.4 Å². The van der Waals surface area contributed by atoms with Crippen LogP contribution in [0.3, 0.4) is 0 Å². The van der Waals surface area contributed by atoms with Gasteiger partial charge in [0.05, 0.1) is 0 Å². The van der Waals surface area contributed by atoms with E-state index in [-0.39, 0.29) is 34.5 Å². The number of H-pyrrole nitrogens is 1. The molecule has 0 saturated carbocycles. The summed E-state index contributed by atoms with van der Waals surface area (Å²) in [7, 11) is 1.61. The fraction of sp³-hybridized carbons (Fsp3) is 0.231. The van der Waals surface area contributed by atoms with E-state index < -0.39 is 11.6 Å². The molecule has 0 unspecified atom stereocenters. The molecule has 2 heterocycles. The summed E-state index contributed by atoms with van der Waals surface area (Å²) in [6.45, 7) is 5.69. The van der Waals surface area contributed by atoms with Crippen LogP contribution >= 0.6 is 11.9 Å². The quantitative estimate of drug-likeness (QED) is 0.259. The van der Waals surface area contributed by atoms with Gasteiger partial charge < -0.3 is 24.3 Å². The average molecular weight is 513 g/mol. The first-order valence-electron chi connectivity index (χ1n) is 11.4. The predicted octanol–water partition coefficient (Wildman–Crippen LogP) is 5.82. The normalized spacial score (nSPS) is 11.2. The Labute approximate surface area is 211 Å². The topological polar surface area (TPSA) is 88.2 Å². The molecule has 0 fully saturated rings. The highest BCUT2D eigenvalue weighted by molar-refractivity contribution is 8.00. The Morgan fingerprint density at radius 3 is 2.56 bits per heavy atom. The summed E-state index contributed by atoms with van der Waals surface area (Å²) in [5, 5.41) is 3.32. The monoisotopic (exact) mass is 512 g/mol. The highest BCUT2D eigenvalue weighted by Crippen LogP contribution is 2.39. The standard InChI is InChI=1S/C26H26F2N4O3S/c1-5-36-31-16-7-9-22(35-23-8-6-15(27)10-20(23)28)17(11-16)19-13-32(4)26(34)24-18(19)12-21(30-24)25(33)29-14(2)3/h6-14,30-31H,5H2,1-4H3,(H,29,33). The first-order chi connectivity index (χ1) is 17.2. The number of anilines is 1. The van der Waals surface area contributed by atoms with Gasteiger partial charge in [0, 0.05) is 53.3 Å². The maximum atomic E-state index is 14.4. The number of aromatic amines is 1. The highest BCUT2D eigenvalue weighted by atomic mass is 32.2.